The molecule has 5 nitrogen and oxygen atoms in total. The highest BCUT2D eigenvalue weighted by atomic mass is 15.4. The molecule has 1 N–H and O–H groups in total. The second-order valence-corrected chi connectivity index (χ2v) is 6.73. The summed E-state index contributed by atoms with van der Waals surface area (Å²) in [6, 6.07) is 18.4. The van der Waals surface area contributed by atoms with Gasteiger partial charge in [-0.05, 0) is 38.1 Å². The van der Waals surface area contributed by atoms with E-state index < -0.39 is 0 Å². The molecule has 0 saturated heterocycles. The lowest BCUT2D eigenvalue weighted by Crippen LogP contribution is -2.38. The molecule has 0 atom stereocenters. The Balaban J connectivity index is 1.77. The number of hydrogen-bond acceptors (Lipinski definition) is 4. The van der Waals surface area contributed by atoms with E-state index in [4.69, 9.17) is 10.1 Å². The second-order valence-electron chi connectivity index (χ2n) is 6.73. The number of para-hydroxylation sites is 1. The normalized spacial score (nSPS) is 13.1. The van der Waals surface area contributed by atoms with Crippen LogP contribution in [-0.4, -0.2) is 27.2 Å². The molecule has 0 fully saturated rings. The van der Waals surface area contributed by atoms with E-state index in [-0.39, 0.29) is 0 Å². The zero-order valence-electron chi connectivity index (χ0n) is 15.7. The number of benzene rings is 2. The molecule has 0 unspecified atom stereocenters. The minimum Gasteiger partial charge on any atom is -0.334 e. The van der Waals surface area contributed by atoms with Crippen molar-refractivity contribution < 1.29 is 0 Å². The van der Waals surface area contributed by atoms with Gasteiger partial charge in [0.15, 0.2) is 5.82 Å². The molecular formula is C22H23N5. The topological polar surface area (TPSA) is 45.5 Å². The number of aliphatic imine (C=N–C) groups is 1. The summed E-state index contributed by atoms with van der Waals surface area (Å²) in [6.07, 6.45) is 1.90. The maximum absolute atomic E-state index is 4.94. The maximum Gasteiger partial charge on any atom is 0.205 e. The van der Waals surface area contributed by atoms with Gasteiger partial charge < -0.3 is 10.2 Å². The van der Waals surface area contributed by atoms with Crippen molar-refractivity contribution in [3.05, 3.63) is 84.1 Å². The van der Waals surface area contributed by atoms with Crippen LogP contribution in [0.15, 0.2) is 72.2 Å². The quantitative estimate of drug-likeness (QED) is 0.695. The molecule has 5 heteroatoms. The lowest BCUT2D eigenvalue weighted by Gasteiger charge is -2.29. The molecule has 0 amide bonds. The highest BCUT2D eigenvalue weighted by molar-refractivity contribution is 5.96. The first-order valence-electron chi connectivity index (χ1n) is 9.08. The summed E-state index contributed by atoms with van der Waals surface area (Å²) in [7, 11) is 0. The maximum atomic E-state index is 4.94. The number of rotatable bonds is 4. The number of nitrogens with one attached hydrogen (secondary N) is 1. The first-order valence-corrected chi connectivity index (χ1v) is 9.08. The van der Waals surface area contributed by atoms with Crippen LogP contribution in [0, 0.1) is 13.8 Å². The largest absolute Gasteiger partial charge is 0.334 e. The molecule has 27 heavy (non-hydrogen) atoms. The third-order valence-electron chi connectivity index (χ3n) is 4.68. The van der Waals surface area contributed by atoms with Crippen LogP contribution in [0.4, 0.5) is 11.5 Å². The van der Waals surface area contributed by atoms with Gasteiger partial charge in [-0.15, -0.1) is 6.58 Å². The Bertz CT molecular complexity index is 984. The molecule has 4 rings (SSSR count). The SMILES string of the molecule is C=CCN1Cc2c(C)nn(-c3ccccc3)c2N=C1Nc1ccc(C)cc1. The molecule has 2 heterocycles. The Morgan fingerprint density at radius 1 is 1.07 bits per heavy atom. The van der Waals surface area contributed by atoms with E-state index in [0.29, 0.717) is 6.54 Å². The van der Waals surface area contributed by atoms with Crippen LogP contribution >= 0.6 is 0 Å². The number of aryl methyl sites for hydroxylation is 2. The summed E-state index contributed by atoms with van der Waals surface area (Å²) in [5.74, 6) is 1.69. The standard InChI is InChI=1S/C22H23N5/c1-4-14-26-15-20-17(3)25-27(19-8-6-5-7-9-19)21(20)24-22(26)23-18-12-10-16(2)11-13-18/h4-13H,1,14-15H2,2-3H3,(H,23,24). The average Bonchev–Trinajstić information content (AvgIpc) is 3.00. The summed E-state index contributed by atoms with van der Waals surface area (Å²) >= 11 is 0. The van der Waals surface area contributed by atoms with Crippen LogP contribution in [-0.2, 0) is 6.54 Å². The Morgan fingerprint density at radius 3 is 2.52 bits per heavy atom. The molecule has 1 aliphatic rings. The summed E-state index contributed by atoms with van der Waals surface area (Å²) in [6.45, 7) is 9.48. The van der Waals surface area contributed by atoms with Gasteiger partial charge in [-0.25, -0.2) is 4.68 Å². The van der Waals surface area contributed by atoms with Crippen molar-refractivity contribution in [3.63, 3.8) is 0 Å². The Kier molecular flexibility index (Phi) is 4.50. The summed E-state index contributed by atoms with van der Waals surface area (Å²) < 4.78 is 1.92. The zero-order valence-corrected chi connectivity index (χ0v) is 15.7. The van der Waals surface area contributed by atoms with E-state index in [1.165, 1.54) is 5.56 Å². The van der Waals surface area contributed by atoms with Gasteiger partial charge >= 0.3 is 0 Å². The van der Waals surface area contributed by atoms with Gasteiger partial charge in [-0.2, -0.15) is 10.1 Å². The zero-order chi connectivity index (χ0) is 18.8. The van der Waals surface area contributed by atoms with E-state index in [0.717, 1.165) is 41.0 Å². The van der Waals surface area contributed by atoms with Gasteiger partial charge in [-0.3, -0.25) is 0 Å². The van der Waals surface area contributed by atoms with Crippen molar-refractivity contribution in [3.8, 4) is 5.69 Å². The second kappa shape index (κ2) is 7.11. The third kappa shape index (κ3) is 3.36. The van der Waals surface area contributed by atoms with Crippen LogP contribution < -0.4 is 5.32 Å². The molecule has 0 aliphatic carbocycles. The predicted octanol–water partition coefficient (Wildman–Crippen LogP) is 4.59. The van der Waals surface area contributed by atoms with Gasteiger partial charge in [0.2, 0.25) is 5.96 Å². The lowest BCUT2D eigenvalue weighted by molar-refractivity contribution is 0.447. The smallest absolute Gasteiger partial charge is 0.205 e. The Hall–Kier alpha value is -3.34. The molecule has 0 radical (unpaired) electrons. The fourth-order valence-corrected chi connectivity index (χ4v) is 3.21. The monoisotopic (exact) mass is 357 g/mol. The van der Waals surface area contributed by atoms with Gasteiger partial charge in [0.25, 0.3) is 0 Å². The molecule has 1 aliphatic heterocycles. The summed E-state index contributed by atoms with van der Waals surface area (Å²) in [4.78, 5) is 7.12. The molecule has 0 saturated carbocycles. The first-order chi connectivity index (χ1) is 13.2. The fraction of sp³-hybridized carbons (Fsp3) is 0.182. The van der Waals surface area contributed by atoms with Gasteiger partial charge in [0.1, 0.15) is 0 Å². The van der Waals surface area contributed by atoms with Crippen molar-refractivity contribution in [2.75, 3.05) is 11.9 Å². The number of aromatic nitrogens is 2. The predicted molar refractivity (Wildman–Crippen MR) is 111 cm³/mol. The van der Waals surface area contributed by atoms with Crippen molar-refractivity contribution in [1.29, 1.82) is 0 Å². The summed E-state index contributed by atoms with van der Waals surface area (Å²) in [5.41, 5.74) is 5.40. The Morgan fingerprint density at radius 2 is 1.81 bits per heavy atom. The number of hydrogen-bond donors (Lipinski definition) is 1. The molecule has 3 aromatic rings. The van der Waals surface area contributed by atoms with E-state index in [1.807, 2.05) is 48.0 Å². The van der Waals surface area contributed by atoms with E-state index in [1.54, 1.807) is 0 Å². The third-order valence-corrected chi connectivity index (χ3v) is 4.68. The van der Waals surface area contributed by atoms with Crippen LogP contribution in [0.1, 0.15) is 16.8 Å². The molecule has 136 valence electrons. The van der Waals surface area contributed by atoms with Crippen molar-refractivity contribution in [2.24, 2.45) is 4.99 Å². The minimum absolute atomic E-state index is 0.715. The van der Waals surface area contributed by atoms with Gasteiger partial charge in [-0.1, -0.05) is 42.0 Å². The van der Waals surface area contributed by atoms with Gasteiger partial charge in [0, 0.05) is 17.8 Å². The number of fused-ring (bicyclic) bond motifs is 1. The average molecular weight is 357 g/mol. The molecule has 0 spiro atoms. The first kappa shape index (κ1) is 17.1. The van der Waals surface area contributed by atoms with E-state index >= 15 is 0 Å². The molecular weight excluding hydrogens is 334 g/mol. The summed E-state index contributed by atoms with van der Waals surface area (Å²) in [5, 5.41) is 8.20. The van der Waals surface area contributed by atoms with Crippen LogP contribution in [0.5, 0.6) is 0 Å². The van der Waals surface area contributed by atoms with Crippen molar-refractivity contribution >= 4 is 17.5 Å². The van der Waals surface area contributed by atoms with Gasteiger partial charge in [0.05, 0.1) is 17.9 Å². The molecule has 1 aromatic heterocycles. The highest BCUT2D eigenvalue weighted by Gasteiger charge is 2.25. The Labute approximate surface area is 159 Å². The van der Waals surface area contributed by atoms with Crippen molar-refractivity contribution in [1.82, 2.24) is 14.7 Å². The number of nitrogens with zero attached hydrogens (tertiary/aromatic N) is 4. The fourth-order valence-electron chi connectivity index (χ4n) is 3.21. The van der Waals surface area contributed by atoms with Crippen LogP contribution in [0.2, 0.25) is 0 Å². The number of anilines is 1. The van der Waals surface area contributed by atoms with E-state index in [9.17, 15) is 0 Å². The van der Waals surface area contributed by atoms with Crippen LogP contribution in [0.3, 0.4) is 0 Å². The molecule has 2 aromatic carbocycles. The highest BCUT2D eigenvalue weighted by Crippen LogP contribution is 2.31. The van der Waals surface area contributed by atoms with Crippen molar-refractivity contribution in [2.45, 2.75) is 20.4 Å². The molecule has 0 bridgehead atoms. The van der Waals surface area contributed by atoms with E-state index in [2.05, 4.69) is 48.0 Å². The minimum atomic E-state index is 0.715. The number of guanidine groups is 1. The van der Waals surface area contributed by atoms with Crippen LogP contribution in [0.25, 0.3) is 5.69 Å². The lowest BCUT2D eigenvalue weighted by atomic mass is 10.2.